The molecule has 130 valence electrons. The number of carbonyl (C=O) groups is 1. The summed E-state index contributed by atoms with van der Waals surface area (Å²) in [5.41, 5.74) is 2.39. The van der Waals surface area contributed by atoms with E-state index in [4.69, 9.17) is 11.6 Å². The van der Waals surface area contributed by atoms with E-state index in [1.54, 1.807) is 41.6 Å². The number of hydrogen-bond acceptors (Lipinski definition) is 5. The first kappa shape index (κ1) is 16.2. The number of amides is 1. The zero-order valence-corrected chi connectivity index (χ0v) is 14.2. The Morgan fingerprint density at radius 1 is 1.08 bits per heavy atom. The number of para-hydroxylation sites is 1. The van der Waals surface area contributed by atoms with E-state index in [1.165, 1.54) is 12.1 Å². The Bertz CT molecular complexity index is 971. The molecule has 1 aliphatic heterocycles. The number of fused-ring (bicyclic) bond motifs is 1. The van der Waals surface area contributed by atoms with E-state index in [1.807, 2.05) is 12.1 Å². The number of nitrogens with zero attached hydrogens (tertiary/aromatic N) is 2. The van der Waals surface area contributed by atoms with Crippen molar-refractivity contribution < 1.29 is 15.0 Å². The van der Waals surface area contributed by atoms with Crippen LogP contribution in [0.1, 0.15) is 22.1 Å². The molecule has 1 aromatic heterocycles. The molecule has 1 amide bonds. The lowest BCUT2D eigenvalue weighted by atomic mass is 10.0. The first-order chi connectivity index (χ1) is 12.6. The largest absolute Gasteiger partial charge is 0.504 e. The van der Waals surface area contributed by atoms with Crippen molar-refractivity contribution in [3.05, 3.63) is 77.1 Å². The highest BCUT2D eigenvalue weighted by Crippen LogP contribution is 2.41. The number of phenolic OH excluding ortho intramolecular Hbond substituents is 2. The first-order valence-electron chi connectivity index (χ1n) is 7.87. The summed E-state index contributed by atoms with van der Waals surface area (Å²) in [4.78, 5) is 18.7. The summed E-state index contributed by atoms with van der Waals surface area (Å²) in [6, 6.07) is 13.5. The third kappa shape index (κ3) is 2.60. The van der Waals surface area contributed by atoms with Gasteiger partial charge in [-0.15, -0.1) is 0 Å². The van der Waals surface area contributed by atoms with Crippen molar-refractivity contribution in [2.75, 3.05) is 10.2 Å². The summed E-state index contributed by atoms with van der Waals surface area (Å²) in [5.74, 6) is -0.942. The molecule has 7 heteroatoms. The van der Waals surface area contributed by atoms with E-state index in [9.17, 15) is 15.0 Å². The van der Waals surface area contributed by atoms with Gasteiger partial charge in [0, 0.05) is 29.3 Å². The summed E-state index contributed by atoms with van der Waals surface area (Å²) >= 11 is 6.02. The number of benzene rings is 2. The second kappa shape index (κ2) is 6.24. The molecule has 26 heavy (non-hydrogen) atoms. The van der Waals surface area contributed by atoms with E-state index in [2.05, 4.69) is 10.3 Å². The van der Waals surface area contributed by atoms with Crippen molar-refractivity contribution in [1.29, 1.82) is 0 Å². The summed E-state index contributed by atoms with van der Waals surface area (Å²) in [7, 11) is 0. The van der Waals surface area contributed by atoms with Gasteiger partial charge in [0.05, 0.1) is 10.6 Å². The van der Waals surface area contributed by atoms with Crippen molar-refractivity contribution in [1.82, 2.24) is 4.98 Å². The zero-order valence-electron chi connectivity index (χ0n) is 13.4. The molecule has 6 nitrogen and oxygen atoms in total. The molecule has 0 bridgehead atoms. The van der Waals surface area contributed by atoms with Gasteiger partial charge in [0.1, 0.15) is 6.17 Å². The predicted octanol–water partition coefficient (Wildman–Crippen LogP) is 3.92. The second-order valence-electron chi connectivity index (χ2n) is 5.84. The maximum Gasteiger partial charge on any atom is 0.262 e. The molecule has 3 N–H and O–H groups in total. The van der Waals surface area contributed by atoms with Crippen LogP contribution in [0.4, 0.5) is 11.4 Å². The van der Waals surface area contributed by atoms with Crippen LogP contribution < -0.4 is 10.2 Å². The smallest absolute Gasteiger partial charge is 0.262 e. The van der Waals surface area contributed by atoms with Gasteiger partial charge in [0.2, 0.25) is 0 Å². The second-order valence-corrected chi connectivity index (χ2v) is 6.25. The third-order valence-electron chi connectivity index (χ3n) is 4.25. The Morgan fingerprint density at radius 3 is 2.54 bits per heavy atom. The van der Waals surface area contributed by atoms with Crippen molar-refractivity contribution in [2.45, 2.75) is 6.17 Å². The van der Waals surface area contributed by atoms with Gasteiger partial charge in [-0.1, -0.05) is 23.7 Å². The van der Waals surface area contributed by atoms with Gasteiger partial charge in [-0.3, -0.25) is 14.7 Å². The molecule has 0 spiro atoms. The lowest BCUT2D eigenvalue weighted by Crippen LogP contribution is -2.43. The van der Waals surface area contributed by atoms with Crippen molar-refractivity contribution in [3.63, 3.8) is 0 Å². The monoisotopic (exact) mass is 367 g/mol. The van der Waals surface area contributed by atoms with Gasteiger partial charge in [-0.05, 0) is 36.4 Å². The highest BCUT2D eigenvalue weighted by molar-refractivity contribution is 6.32. The number of phenols is 2. The van der Waals surface area contributed by atoms with Crippen molar-refractivity contribution in [2.24, 2.45) is 0 Å². The van der Waals surface area contributed by atoms with E-state index in [0.717, 1.165) is 0 Å². The fraction of sp³-hybridized carbons (Fsp3) is 0.0526. The van der Waals surface area contributed by atoms with Crippen LogP contribution in [0, 0.1) is 0 Å². The normalized spacial score (nSPS) is 16.1. The average Bonchev–Trinajstić information content (AvgIpc) is 2.66. The number of carbonyl (C=O) groups excluding carboxylic acids is 1. The Balaban J connectivity index is 1.89. The predicted molar refractivity (Wildman–Crippen MR) is 98.6 cm³/mol. The van der Waals surface area contributed by atoms with Gasteiger partial charge in [-0.25, -0.2) is 0 Å². The Kier molecular flexibility index (Phi) is 3.89. The number of nitrogens with one attached hydrogen (secondary N) is 1. The molecular formula is C19H14ClN3O3. The van der Waals surface area contributed by atoms with Crippen LogP contribution in [0.3, 0.4) is 0 Å². The molecule has 4 rings (SSSR count). The zero-order chi connectivity index (χ0) is 18.3. The highest BCUT2D eigenvalue weighted by atomic mass is 35.5. The van der Waals surface area contributed by atoms with Crippen LogP contribution in [0.15, 0.2) is 60.9 Å². The highest BCUT2D eigenvalue weighted by Gasteiger charge is 2.34. The minimum absolute atomic E-state index is 0.00258. The molecule has 2 heterocycles. The van der Waals surface area contributed by atoms with Gasteiger partial charge in [-0.2, -0.15) is 0 Å². The van der Waals surface area contributed by atoms with Crippen molar-refractivity contribution >= 4 is 28.9 Å². The topological polar surface area (TPSA) is 85.7 Å². The van der Waals surface area contributed by atoms with E-state index in [-0.39, 0.29) is 16.7 Å². The molecular weight excluding hydrogens is 354 g/mol. The minimum Gasteiger partial charge on any atom is -0.504 e. The Morgan fingerprint density at radius 2 is 1.81 bits per heavy atom. The van der Waals surface area contributed by atoms with Crippen LogP contribution >= 0.6 is 11.6 Å². The van der Waals surface area contributed by atoms with Crippen LogP contribution in [-0.2, 0) is 0 Å². The molecule has 1 aliphatic rings. The number of anilines is 2. The van der Waals surface area contributed by atoms with Crippen molar-refractivity contribution in [3.8, 4) is 11.5 Å². The van der Waals surface area contributed by atoms with Crippen LogP contribution in [0.25, 0.3) is 0 Å². The molecule has 3 aromatic rings. The third-order valence-corrected chi connectivity index (χ3v) is 4.54. The summed E-state index contributed by atoms with van der Waals surface area (Å²) in [5, 5.41) is 23.0. The van der Waals surface area contributed by atoms with E-state index >= 15 is 0 Å². The van der Waals surface area contributed by atoms with Gasteiger partial charge >= 0.3 is 0 Å². The minimum atomic E-state index is -0.621. The number of pyridine rings is 1. The average molecular weight is 368 g/mol. The van der Waals surface area contributed by atoms with Gasteiger partial charge in [0.25, 0.3) is 5.91 Å². The molecule has 0 saturated carbocycles. The standard InChI is InChI=1S/C19H14ClN3O3/c20-14-9-11(10-16(24)17(14)25)18-22-15-4-2-1-3-13(15)19(26)23(18)12-5-7-21-8-6-12/h1-10,18,22,24-25H. The van der Waals surface area contributed by atoms with Crippen LogP contribution in [-0.4, -0.2) is 21.1 Å². The lowest BCUT2D eigenvalue weighted by molar-refractivity contribution is 0.0975. The summed E-state index contributed by atoms with van der Waals surface area (Å²) in [6.07, 6.45) is 2.58. The number of aromatic nitrogens is 1. The first-order valence-corrected chi connectivity index (χ1v) is 8.24. The van der Waals surface area contributed by atoms with Crippen LogP contribution in [0.5, 0.6) is 11.5 Å². The number of aromatic hydroxyl groups is 2. The van der Waals surface area contributed by atoms with Gasteiger partial charge in [0.15, 0.2) is 11.5 Å². The molecule has 1 atom stereocenters. The van der Waals surface area contributed by atoms with E-state index < -0.39 is 11.9 Å². The lowest BCUT2D eigenvalue weighted by Gasteiger charge is -2.38. The number of rotatable bonds is 2. The number of halogens is 1. The molecule has 0 aliphatic carbocycles. The Hall–Kier alpha value is -3.25. The summed E-state index contributed by atoms with van der Waals surface area (Å²) < 4.78 is 0. The maximum atomic E-state index is 13.2. The fourth-order valence-corrected chi connectivity index (χ4v) is 3.24. The van der Waals surface area contributed by atoms with E-state index in [0.29, 0.717) is 22.5 Å². The molecule has 0 saturated heterocycles. The Labute approximate surface area is 154 Å². The van der Waals surface area contributed by atoms with Gasteiger partial charge < -0.3 is 15.5 Å². The maximum absolute atomic E-state index is 13.2. The SMILES string of the molecule is O=C1c2ccccc2NC(c2cc(O)c(O)c(Cl)c2)N1c1ccncc1. The fourth-order valence-electron chi connectivity index (χ4n) is 3.02. The quantitative estimate of drug-likeness (QED) is 0.598. The summed E-state index contributed by atoms with van der Waals surface area (Å²) in [6.45, 7) is 0. The molecule has 0 radical (unpaired) electrons. The molecule has 1 unspecified atom stereocenters. The number of hydrogen-bond donors (Lipinski definition) is 3. The molecule has 2 aromatic carbocycles. The van der Waals surface area contributed by atoms with Crippen LogP contribution in [0.2, 0.25) is 5.02 Å². The molecule has 0 fully saturated rings.